The minimum absolute atomic E-state index is 0.00475. The van der Waals surface area contributed by atoms with Gasteiger partial charge in [0, 0.05) is 43.3 Å². The summed E-state index contributed by atoms with van der Waals surface area (Å²) in [5.41, 5.74) is 2.49. The third-order valence-corrected chi connectivity index (χ3v) is 6.42. The van der Waals surface area contributed by atoms with Crippen LogP contribution < -0.4 is 20.1 Å². The molecule has 2 unspecified atom stereocenters. The van der Waals surface area contributed by atoms with E-state index in [2.05, 4.69) is 30.5 Å². The third-order valence-electron chi connectivity index (χ3n) is 6.09. The number of benzene rings is 1. The number of halogens is 1. The Hall–Kier alpha value is -3.09. The number of nitrogens with one attached hydrogen (secondary N) is 2. The van der Waals surface area contributed by atoms with E-state index in [1.165, 1.54) is 13.3 Å². The van der Waals surface area contributed by atoms with E-state index in [1.807, 2.05) is 6.07 Å². The number of ether oxygens (including phenoxy) is 3. The molecule has 1 amide bonds. The van der Waals surface area contributed by atoms with Gasteiger partial charge in [0.05, 0.1) is 43.3 Å². The molecule has 12 heteroatoms. The molecule has 4 heterocycles. The predicted octanol–water partition coefficient (Wildman–Crippen LogP) is 1.54. The number of nitrogens with zero attached hydrogens (tertiary/aromatic N) is 4. The van der Waals surface area contributed by atoms with Crippen molar-refractivity contribution in [1.29, 1.82) is 0 Å². The van der Waals surface area contributed by atoms with E-state index in [0.29, 0.717) is 78.4 Å². The highest BCUT2D eigenvalue weighted by atomic mass is 35.5. The van der Waals surface area contributed by atoms with Crippen molar-refractivity contribution in [3.8, 4) is 11.6 Å². The molecule has 11 nitrogen and oxygen atoms in total. The number of β-amino-alcohol motifs (C(OH)–C–C–N with tert-alkyl or cyclic N) is 1. The number of aliphatic hydroxyl groups is 1. The Morgan fingerprint density at radius 2 is 2.22 bits per heavy atom. The van der Waals surface area contributed by atoms with Gasteiger partial charge in [-0.05, 0) is 24.3 Å². The molecule has 1 aromatic carbocycles. The van der Waals surface area contributed by atoms with Crippen LogP contribution in [0.4, 0.5) is 5.82 Å². The van der Waals surface area contributed by atoms with Crippen molar-refractivity contribution in [3.05, 3.63) is 46.7 Å². The lowest BCUT2D eigenvalue weighted by Crippen LogP contribution is -2.47. The average molecular weight is 515 g/mol. The van der Waals surface area contributed by atoms with Crippen molar-refractivity contribution < 1.29 is 24.1 Å². The van der Waals surface area contributed by atoms with Gasteiger partial charge in [-0.15, -0.1) is 0 Å². The van der Waals surface area contributed by atoms with Crippen LogP contribution >= 0.6 is 11.6 Å². The normalized spacial score (nSPS) is 18.9. The summed E-state index contributed by atoms with van der Waals surface area (Å²) in [4.78, 5) is 26.9. The van der Waals surface area contributed by atoms with Crippen molar-refractivity contribution in [2.24, 2.45) is 0 Å². The molecule has 2 aliphatic heterocycles. The van der Waals surface area contributed by atoms with Gasteiger partial charge in [0.25, 0.3) is 5.91 Å². The number of carbonyl (C=O) groups is 1. The number of morpholine rings is 1. The lowest BCUT2D eigenvalue weighted by Gasteiger charge is -2.34. The molecule has 2 aromatic heterocycles. The van der Waals surface area contributed by atoms with Gasteiger partial charge in [-0.3, -0.25) is 9.69 Å². The van der Waals surface area contributed by atoms with E-state index in [-0.39, 0.29) is 18.6 Å². The summed E-state index contributed by atoms with van der Waals surface area (Å²) in [6, 6.07) is 7.16. The number of carbonyl (C=O) groups excluding carboxylic acids is 1. The van der Waals surface area contributed by atoms with Gasteiger partial charge in [-0.1, -0.05) is 11.6 Å². The molecule has 36 heavy (non-hydrogen) atoms. The van der Waals surface area contributed by atoms with Gasteiger partial charge in [0.15, 0.2) is 18.2 Å². The van der Waals surface area contributed by atoms with Crippen molar-refractivity contribution in [1.82, 2.24) is 25.2 Å². The number of methoxy groups -OCH3 is 1. The number of anilines is 1. The quantitative estimate of drug-likeness (QED) is 0.407. The maximum absolute atomic E-state index is 11.5. The SMILES string of the molecule is COc1cnc2ccc(Cl)c(C(O)CN3CCOC(CNCc4ccc5c(n4)NC(=O)CO5)C3)c2n1. The summed E-state index contributed by atoms with van der Waals surface area (Å²) in [5.74, 6) is 1.15. The van der Waals surface area contributed by atoms with Crippen LogP contribution in [0.1, 0.15) is 17.4 Å². The zero-order valence-corrected chi connectivity index (χ0v) is 20.5. The molecule has 0 spiro atoms. The van der Waals surface area contributed by atoms with Crippen molar-refractivity contribution >= 4 is 34.4 Å². The number of pyridine rings is 1. The second-order valence-electron chi connectivity index (χ2n) is 8.63. The molecule has 3 N–H and O–H groups in total. The van der Waals surface area contributed by atoms with Crippen molar-refractivity contribution in [3.63, 3.8) is 0 Å². The predicted molar refractivity (Wildman–Crippen MR) is 132 cm³/mol. The van der Waals surface area contributed by atoms with Crippen LogP contribution in [0, 0.1) is 0 Å². The van der Waals surface area contributed by atoms with E-state index in [4.69, 9.17) is 25.8 Å². The molecule has 5 rings (SSSR count). The molecule has 190 valence electrons. The van der Waals surface area contributed by atoms with Crippen LogP contribution in [0.25, 0.3) is 11.0 Å². The minimum Gasteiger partial charge on any atom is -0.480 e. The second kappa shape index (κ2) is 10.9. The Balaban J connectivity index is 1.18. The first kappa shape index (κ1) is 24.6. The average Bonchev–Trinajstić information content (AvgIpc) is 2.88. The Morgan fingerprint density at radius 1 is 1.33 bits per heavy atom. The zero-order chi connectivity index (χ0) is 25.1. The van der Waals surface area contributed by atoms with E-state index in [0.717, 1.165) is 5.69 Å². The highest BCUT2D eigenvalue weighted by molar-refractivity contribution is 6.32. The van der Waals surface area contributed by atoms with Crippen molar-refractivity contribution in [2.45, 2.75) is 18.8 Å². The molecule has 0 radical (unpaired) electrons. The largest absolute Gasteiger partial charge is 0.480 e. The molecule has 1 fully saturated rings. The summed E-state index contributed by atoms with van der Waals surface area (Å²) >= 11 is 6.46. The van der Waals surface area contributed by atoms with Gasteiger partial charge in [0.2, 0.25) is 5.88 Å². The van der Waals surface area contributed by atoms with E-state index < -0.39 is 6.10 Å². The van der Waals surface area contributed by atoms with Crippen LogP contribution in [0.3, 0.4) is 0 Å². The fourth-order valence-electron chi connectivity index (χ4n) is 4.34. The topological polar surface area (TPSA) is 131 Å². The Labute approximate surface area is 212 Å². The highest BCUT2D eigenvalue weighted by Gasteiger charge is 2.25. The van der Waals surface area contributed by atoms with Crippen LogP contribution in [-0.4, -0.2) is 83.5 Å². The minimum atomic E-state index is -0.855. The molecule has 2 aliphatic rings. The van der Waals surface area contributed by atoms with Gasteiger partial charge >= 0.3 is 0 Å². The summed E-state index contributed by atoms with van der Waals surface area (Å²) < 4.78 is 16.5. The highest BCUT2D eigenvalue weighted by Crippen LogP contribution is 2.31. The summed E-state index contributed by atoms with van der Waals surface area (Å²) in [6.07, 6.45) is 0.621. The van der Waals surface area contributed by atoms with Gasteiger partial charge in [-0.25, -0.2) is 15.0 Å². The number of amides is 1. The standard InChI is InChI=1S/C24H27ClN6O5/c1-34-21-10-27-17-4-3-16(25)22(23(17)30-21)18(32)12-31-6-7-35-15(11-31)9-26-8-14-2-5-19-24(28-14)29-20(33)13-36-19/h2-5,10,15,18,26,32H,6-9,11-13H2,1H3,(H,28,29,33). The Kier molecular flexibility index (Phi) is 7.44. The first-order valence-electron chi connectivity index (χ1n) is 11.6. The van der Waals surface area contributed by atoms with Gasteiger partial charge in [0.1, 0.15) is 5.52 Å². The molecule has 3 aromatic rings. The maximum atomic E-state index is 11.5. The van der Waals surface area contributed by atoms with Crippen molar-refractivity contribution in [2.75, 3.05) is 51.8 Å². The van der Waals surface area contributed by atoms with E-state index >= 15 is 0 Å². The molecular formula is C24H27ClN6O5. The first-order chi connectivity index (χ1) is 17.5. The van der Waals surface area contributed by atoms with Gasteiger partial charge in [-0.2, -0.15) is 0 Å². The Bertz CT molecular complexity index is 1260. The number of hydrogen-bond donors (Lipinski definition) is 3. The molecule has 0 bridgehead atoms. The molecular weight excluding hydrogens is 488 g/mol. The fraction of sp³-hybridized carbons (Fsp3) is 0.417. The lowest BCUT2D eigenvalue weighted by atomic mass is 10.1. The smallest absolute Gasteiger partial charge is 0.263 e. The molecule has 0 saturated carbocycles. The van der Waals surface area contributed by atoms with Gasteiger partial charge < -0.3 is 30.0 Å². The Morgan fingerprint density at radius 3 is 3.08 bits per heavy atom. The second-order valence-corrected chi connectivity index (χ2v) is 9.03. The van der Waals surface area contributed by atoms with E-state index in [1.54, 1.807) is 18.2 Å². The zero-order valence-electron chi connectivity index (χ0n) is 19.7. The van der Waals surface area contributed by atoms with Crippen LogP contribution in [0.5, 0.6) is 11.6 Å². The molecule has 1 saturated heterocycles. The summed E-state index contributed by atoms with van der Waals surface area (Å²) in [6.45, 7) is 3.38. The molecule has 0 aliphatic carbocycles. The van der Waals surface area contributed by atoms with Crippen LogP contribution in [0.15, 0.2) is 30.5 Å². The number of aromatic nitrogens is 3. The number of rotatable bonds is 8. The fourth-order valence-corrected chi connectivity index (χ4v) is 4.62. The number of fused-ring (bicyclic) bond motifs is 2. The van der Waals surface area contributed by atoms with Crippen LogP contribution in [-0.2, 0) is 16.1 Å². The number of aliphatic hydroxyl groups excluding tert-OH is 1. The molecule has 2 atom stereocenters. The third kappa shape index (κ3) is 5.50. The maximum Gasteiger partial charge on any atom is 0.263 e. The summed E-state index contributed by atoms with van der Waals surface area (Å²) in [7, 11) is 1.52. The lowest BCUT2D eigenvalue weighted by molar-refractivity contribution is -0.118. The van der Waals surface area contributed by atoms with Crippen LogP contribution in [0.2, 0.25) is 5.02 Å². The first-order valence-corrected chi connectivity index (χ1v) is 12.0. The number of hydrogen-bond acceptors (Lipinski definition) is 10. The van der Waals surface area contributed by atoms with E-state index in [9.17, 15) is 9.90 Å². The summed E-state index contributed by atoms with van der Waals surface area (Å²) in [5, 5.41) is 17.6. The monoisotopic (exact) mass is 514 g/mol.